The number of ether oxygens (including phenoxy) is 1. The number of pyridine rings is 1. The maximum atomic E-state index is 13.1. The second-order valence-corrected chi connectivity index (χ2v) is 9.15. The van der Waals surface area contributed by atoms with Crippen LogP contribution in [0.4, 0.5) is 4.39 Å². The van der Waals surface area contributed by atoms with E-state index >= 15 is 0 Å². The van der Waals surface area contributed by atoms with Gasteiger partial charge in [-0.05, 0) is 54.3 Å². The van der Waals surface area contributed by atoms with Crippen LogP contribution in [0.25, 0.3) is 0 Å². The van der Waals surface area contributed by atoms with Gasteiger partial charge in [-0.1, -0.05) is 36.8 Å². The lowest BCUT2D eigenvalue weighted by Crippen LogP contribution is -2.57. The topological polar surface area (TPSA) is 45.6 Å². The minimum atomic E-state index is -0.775. The highest BCUT2D eigenvalue weighted by molar-refractivity contribution is 5.30. The number of halogens is 1. The lowest BCUT2D eigenvalue weighted by molar-refractivity contribution is -0.148. The zero-order chi connectivity index (χ0) is 22.0. The van der Waals surface area contributed by atoms with Gasteiger partial charge in [0.1, 0.15) is 18.2 Å². The lowest BCUT2D eigenvalue weighted by Gasteiger charge is -2.53. The van der Waals surface area contributed by atoms with Crippen LogP contribution >= 0.6 is 0 Å². The van der Waals surface area contributed by atoms with Gasteiger partial charge in [0.05, 0.1) is 5.60 Å². The van der Waals surface area contributed by atoms with E-state index in [0.717, 1.165) is 49.4 Å². The van der Waals surface area contributed by atoms with Gasteiger partial charge in [-0.15, -0.1) is 0 Å². The fourth-order valence-electron chi connectivity index (χ4n) is 5.48. The Morgan fingerprint density at radius 3 is 2.50 bits per heavy atom. The highest BCUT2D eigenvalue weighted by Crippen LogP contribution is 2.49. The molecule has 2 atom stereocenters. The molecule has 2 unspecified atom stereocenters. The van der Waals surface area contributed by atoms with E-state index in [1.165, 1.54) is 24.1 Å². The Balaban J connectivity index is 1.25. The van der Waals surface area contributed by atoms with Crippen molar-refractivity contribution < 1.29 is 14.2 Å². The molecular weight excluding hydrogens is 403 g/mol. The van der Waals surface area contributed by atoms with Crippen molar-refractivity contribution in [3.63, 3.8) is 0 Å². The van der Waals surface area contributed by atoms with Crippen molar-refractivity contribution in [2.45, 2.75) is 38.0 Å². The molecule has 166 valence electrons. The monoisotopic (exact) mass is 432 g/mol. The van der Waals surface area contributed by atoms with Crippen LogP contribution in [0, 0.1) is 17.7 Å². The number of likely N-dealkylation sites (tertiary alicyclic amines) is 1. The molecule has 4 nitrogen and oxygen atoms in total. The predicted molar refractivity (Wildman–Crippen MR) is 121 cm³/mol. The summed E-state index contributed by atoms with van der Waals surface area (Å²) in [5.74, 6) is 1.02. The molecule has 2 bridgehead atoms. The Hall–Kier alpha value is -2.76. The Labute approximate surface area is 188 Å². The molecule has 1 aliphatic heterocycles. The number of fused-ring (bicyclic) bond motifs is 2. The van der Waals surface area contributed by atoms with Gasteiger partial charge in [-0.3, -0.25) is 9.88 Å². The molecule has 5 rings (SSSR count). The number of piperidine rings is 1. The van der Waals surface area contributed by atoms with Crippen LogP contribution < -0.4 is 4.74 Å². The van der Waals surface area contributed by atoms with Gasteiger partial charge in [0.25, 0.3) is 0 Å². The van der Waals surface area contributed by atoms with Crippen molar-refractivity contribution in [2.75, 3.05) is 13.1 Å². The normalized spacial score (nSPS) is 25.4. The number of aromatic nitrogens is 1. The van der Waals surface area contributed by atoms with E-state index in [0.29, 0.717) is 6.61 Å². The molecule has 1 saturated carbocycles. The Morgan fingerprint density at radius 2 is 1.78 bits per heavy atom. The van der Waals surface area contributed by atoms with E-state index in [1.807, 2.05) is 30.5 Å². The summed E-state index contributed by atoms with van der Waals surface area (Å²) < 4.78 is 19.0. The molecule has 0 radical (unpaired) electrons. The van der Waals surface area contributed by atoms with Crippen molar-refractivity contribution in [1.29, 1.82) is 0 Å². The van der Waals surface area contributed by atoms with E-state index in [2.05, 4.69) is 22.0 Å². The molecule has 5 heteroatoms. The van der Waals surface area contributed by atoms with E-state index < -0.39 is 5.60 Å². The minimum Gasteiger partial charge on any atom is -0.489 e. The summed E-state index contributed by atoms with van der Waals surface area (Å²) in [6.07, 6.45) is 6.86. The van der Waals surface area contributed by atoms with Gasteiger partial charge >= 0.3 is 0 Å². The van der Waals surface area contributed by atoms with Crippen molar-refractivity contribution >= 4 is 0 Å². The molecule has 2 fully saturated rings. The first kappa shape index (κ1) is 21.1. The van der Waals surface area contributed by atoms with Crippen LogP contribution in [0.15, 0.2) is 73.1 Å². The third-order valence-electron chi connectivity index (χ3n) is 7.05. The lowest BCUT2D eigenvalue weighted by atomic mass is 9.63. The van der Waals surface area contributed by atoms with E-state index in [-0.39, 0.29) is 17.7 Å². The highest BCUT2D eigenvalue weighted by Gasteiger charge is 2.51. The van der Waals surface area contributed by atoms with E-state index in [4.69, 9.17) is 4.74 Å². The zero-order valence-electron chi connectivity index (χ0n) is 18.2. The summed E-state index contributed by atoms with van der Waals surface area (Å²) in [6.45, 7) is 3.00. The van der Waals surface area contributed by atoms with Gasteiger partial charge in [-0.25, -0.2) is 4.39 Å². The molecule has 1 N–H and O–H groups in total. The molecule has 0 amide bonds. The molecule has 2 heterocycles. The number of nitrogens with zero attached hydrogens (tertiary/aromatic N) is 2. The minimum absolute atomic E-state index is 0.220. The predicted octanol–water partition coefficient (Wildman–Crippen LogP) is 4.92. The molecule has 32 heavy (non-hydrogen) atoms. The summed E-state index contributed by atoms with van der Waals surface area (Å²) in [5, 5.41) is 11.7. The maximum Gasteiger partial charge on any atom is 0.123 e. The van der Waals surface area contributed by atoms with E-state index in [9.17, 15) is 9.50 Å². The molecule has 2 aliphatic rings. The SMILES string of the molecule is OC1(c2cccnc2)C2CCCC1CN(Cc1cccc(OCc3ccc(F)cc3)c1)C2. The average molecular weight is 433 g/mol. The first-order chi connectivity index (χ1) is 15.6. The standard InChI is InChI=1S/C27H29FN2O2/c28-25-11-9-20(10-12-25)19-32-26-8-1-4-21(14-26)16-30-17-23-5-2-6-24(18-30)27(23,31)22-7-3-13-29-15-22/h1,3-4,7-15,23-24,31H,2,5-6,16-19H2. The summed E-state index contributed by atoms with van der Waals surface area (Å²) >= 11 is 0. The highest BCUT2D eigenvalue weighted by atomic mass is 19.1. The Kier molecular flexibility index (Phi) is 5.94. The molecule has 0 spiro atoms. The molecule has 1 aromatic heterocycles. The molecule has 1 saturated heterocycles. The first-order valence-electron chi connectivity index (χ1n) is 11.4. The number of benzene rings is 2. The van der Waals surface area contributed by atoms with Crippen molar-refractivity contribution in [2.24, 2.45) is 11.8 Å². The third-order valence-corrected chi connectivity index (χ3v) is 7.05. The number of hydrogen-bond donors (Lipinski definition) is 1. The van der Waals surface area contributed by atoms with Gasteiger partial charge in [-0.2, -0.15) is 0 Å². The van der Waals surface area contributed by atoms with Crippen LogP contribution in [0.3, 0.4) is 0 Å². The molecule has 2 aromatic carbocycles. The van der Waals surface area contributed by atoms with Crippen LogP contribution in [-0.4, -0.2) is 28.1 Å². The Bertz CT molecular complexity index is 1030. The van der Waals surface area contributed by atoms with Crippen LogP contribution in [-0.2, 0) is 18.8 Å². The second-order valence-electron chi connectivity index (χ2n) is 9.15. The van der Waals surface area contributed by atoms with Crippen molar-refractivity contribution in [3.05, 3.63) is 95.6 Å². The Morgan fingerprint density at radius 1 is 1.00 bits per heavy atom. The second kappa shape index (κ2) is 9.00. The smallest absolute Gasteiger partial charge is 0.123 e. The largest absolute Gasteiger partial charge is 0.489 e. The van der Waals surface area contributed by atoms with Crippen LogP contribution in [0.1, 0.15) is 36.0 Å². The van der Waals surface area contributed by atoms with Gasteiger partial charge in [0, 0.05) is 49.4 Å². The van der Waals surface area contributed by atoms with Crippen molar-refractivity contribution in [1.82, 2.24) is 9.88 Å². The summed E-state index contributed by atoms with van der Waals surface area (Å²) in [7, 11) is 0. The quantitative estimate of drug-likeness (QED) is 0.601. The molecular formula is C27H29FN2O2. The zero-order valence-corrected chi connectivity index (χ0v) is 18.2. The van der Waals surface area contributed by atoms with Gasteiger partial charge in [0.15, 0.2) is 0 Å². The van der Waals surface area contributed by atoms with Crippen LogP contribution in [0.5, 0.6) is 5.75 Å². The third kappa shape index (κ3) is 4.27. The average Bonchev–Trinajstić information content (AvgIpc) is 2.80. The van der Waals surface area contributed by atoms with Crippen molar-refractivity contribution in [3.8, 4) is 5.75 Å². The summed E-state index contributed by atoms with van der Waals surface area (Å²) in [6, 6.07) is 18.5. The maximum absolute atomic E-state index is 13.1. The first-order valence-corrected chi connectivity index (χ1v) is 11.4. The molecule has 1 aliphatic carbocycles. The number of rotatable bonds is 6. The number of aliphatic hydroxyl groups is 1. The van der Waals surface area contributed by atoms with Gasteiger partial charge < -0.3 is 9.84 Å². The summed E-state index contributed by atoms with van der Waals surface area (Å²) in [5.41, 5.74) is 2.33. The fraction of sp³-hybridized carbons (Fsp3) is 0.370. The molecule has 3 aromatic rings. The number of hydrogen-bond acceptors (Lipinski definition) is 4. The fourth-order valence-corrected chi connectivity index (χ4v) is 5.48. The summed E-state index contributed by atoms with van der Waals surface area (Å²) in [4.78, 5) is 6.74. The van der Waals surface area contributed by atoms with Gasteiger partial charge in [0.2, 0.25) is 0 Å². The van der Waals surface area contributed by atoms with Crippen LogP contribution in [0.2, 0.25) is 0 Å². The van der Waals surface area contributed by atoms with E-state index in [1.54, 1.807) is 18.3 Å².